The summed E-state index contributed by atoms with van der Waals surface area (Å²) in [5.41, 5.74) is 6.41. The van der Waals surface area contributed by atoms with E-state index in [4.69, 9.17) is 10.5 Å². The highest BCUT2D eigenvalue weighted by atomic mass is 19.1. The van der Waals surface area contributed by atoms with Crippen LogP contribution < -0.4 is 10.5 Å². The van der Waals surface area contributed by atoms with E-state index in [-0.39, 0.29) is 5.75 Å². The number of nitrogen functional groups attached to an aromatic ring is 1. The van der Waals surface area contributed by atoms with Crippen LogP contribution in [0.15, 0.2) is 48.9 Å². The van der Waals surface area contributed by atoms with Gasteiger partial charge in [0, 0.05) is 35.8 Å². The number of rotatable bonds is 5. The van der Waals surface area contributed by atoms with Gasteiger partial charge in [0.25, 0.3) is 0 Å². The molecule has 0 amide bonds. The molecule has 2 aromatic heterocycles. The van der Waals surface area contributed by atoms with Gasteiger partial charge in [0.2, 0.25) is 0 Å². The summed E-state index contributed by atoms with van der Waals surface area (Å²) in [5.74, 6) is 0.00402. The number of aliphatic hydroxyl groups is 1. The van der Waals surface area contributed by atoms with E-state index >= 15 is 0 Å². The fraction of sp³-hybridized carbons (Fsp3) is 0.222. The van der Waals surface area contributed by atoms with E-state index in [0.29, 0.717) is 23.7 Å². The third-order valence-corrected chi connectivity index (χ3v) is 3.39. The van der Waals surface area contributed by atoms with E-state index in [2.05, 4.69) is 10.1 Å². The number of hydrogen-bond acceptors (Lipinski definition) is 5. The molecule has 0 aliphatic heterocycles. The molecule has 3 aromatic rings. The van der Waals surface area contributed by atoms with E-state index in [9.17, 15) is 9.50 Å². The fourth-order valence-corrected chi connectivity index (χ4v) is 2.34. The first kappa shape index (κ1) is 16.9. The third-order valence-electron chi connectivity index (χ3n) is 3.39. The van der Waals surface area contributed by atoms with Gasteiger partial charge in [-0.1, -0.05) is 0 Å². The van der Waals surface area contributed by atoms with Crippen molar-refractivity contribution in [3.8, 4) is 22.8 Å². The topological polar surface area (TPSA) is 86.2 Å². The summed E-state index contributed by atoms with van der Waals surface area (Å²) in [6.07, 6.45) is 5.02. The summed E-state index contributed by atoms with van der Waals surface area (Å²) in [6, 6.07) is 7.59. The molecule has 3 rings (SSSR count). The molecule has 2 heterocycles. The van der Waals surface area contributed by atoms with Gasteiger partial charge >= 0.3 is 0 Å². The molecule has 0 saturated carbocycles. The van der Waals surface area contributed by atoms with E-state index < -0.39 is 11.4 Å². The van der Waals surface area contributed by atoms with Crippen molar-refractivity contribution in [3.05, 3.63) is 54.7 Å². The van der Waals surface area contributed by atoms with Crippen LogP contribution >= 0.6 is 0 Å². The van der Waals surface area contributed by atoms with Crippen LogP contribution in [-0.4, -0.2) is 25.5 Å². The van der Waals surface area contributed by atoms with Crippen LogP contribution in [0, 0.1) is 5.82 Å². The maximum Gasteiger partial charge on any atom is 0.167 e. The van der Waals surface area contributed by atoms with Crippen LogP contribution in [0.3, 0.4) is 0 Å². The summed E-state index contributed by atoms with van der Waals surface area (Å²) in [6.45, 7) is 3.78. The zero-order chi connectivity index (χ0) is 18.0. The number of pyridine rings is 1. The van der Waals surface area contributed by atoms with Crippen molar-refractivity contribution in [1.82, 2.24) is 14.8 Å². The van der Waals surface area contributed by atoms with Crippen LogP contribution in [0.4, 0.5) is 10.1 Å². The molecule has 0 bridgehead atoms. The Kier molecular flexibility index (Phi) is 4.41. The maximum atomic E-state index is 13.9. The molecule has 0 atom stereocenters. The van der Waals surface area contributed by atoms with Gasteiger partial charge in [0.15, 0.2) is 11.6 Å². The second-order valence-corrected chi connectivity index (χ2v) is 6.41. The average Bonchev–Trinajstić information content (AvgIpc) is 2.97. The third kappa shape index (κ3) is 4.33. The molecular formula is C18H19FN4O2. The van der Waals surface area contributed by atoms with Gasteiger partial charge in [0.1, 0.15) is 5.75 Å². The molecule has 0 aliphatic rings. The first-order valence-corrected chi connectivity index (χ1v) is 7.74. The monoisotopic (exact) mass is 342 g/mol. The maximum absolute atomic E-state index is 13.9. The van der Waals surface area contributed by atoms with Crippen LogP contribution in [0.1, 0.15) is 13.8 Å². The molecule has 130 valence electrons. The van der Waals surface area contributed by atoms with Crippen LogP contribution in [0.5, 0.6) is 11.5 Å². The summed E-state index contributed by atoms with van der Waals surface area (Å²) < 4.78 is 21.1. The molecule has 0 radical (unpaired) electrons. The zero-order valence-corrected chi connectivity index (χ0v) is 14.0. The normalized spacial score (nSPS) is 11.5. The minimum atomic E-state index is -0.867. The molecule has 0 spiro atoms. The summed E-state index contributed by atoms with van der Waals surface area (Å²) >= 11 is 0. The number of nitrogens with zero attached hydrogens (tertiary/aromatic N) is 3. The van der Waals surface area contributed by atoms with E-state index in [1.165, 1.54) is 12.1 Å². The highest BCUT2D eigenvalue weighted by Gasteiger charge is 2.15. The standard InChI is InChI=1S/C18H19FN4O2/c1-18(2,24)11-23-10-12(9-22-23)16-8-14(5-6-21-16)25-17-4-3-13(20)7-15(17)19/h3-10,24H,11,20H2,1-2H3. The van der Waals surface area contributed by atoms with Crippen LogP contribution in [0.25, 0.3) is 11.3 Å². The molecule has 0 saturated heterocycles. The van der Waals surface area contributed by atoms with Gasteiger partial charge in [-0.05, 0) is 32.0 Å². The Morgan fingerprint density at radius 3 is 2.80 bits per heavy atom. The van der Waals surface area contributed by atoms with Crippen molar-refractivity contribution in [3.63, 3.8) is 0 Å². The Labute approximate surface area is 144 Å². The minimum absolute atomic E-state index is 0.0871. The molecule has 6 nitrogen and oxygen atoms in total. The number of aromatic nitrogens is 3. The van der Waals surface area contributed by atoms with E-state index in [1.807, 2.05) is 0 Å². The SMILES string of the molecule is CC(C)(O)Cn1cc(-c2cc(Oc3ccc(N)cc3F)ccn2)cn1. The number of benzene rings is 1. The highest BCUT2D eigenvalue weighted by molar-refractivity contribution is 5.59. The second-order valence-electron chi connectivity index (χ2n) is 6.41. The first-order valence-electron chi connectivity index (χ1n) is 7.74. The van der Waals surface area contributed by atoms with Gasteiger partial charge < -0.3 is 15.6 Å². The first-order chi connectivity index (χ1) is 11.8. The van der Waals surface area contributed by atoms with Gasteiger partial charge in [-0.25, -0.2) is 4.39 Å². The van der Waals surface area contributed by atoms with Crippen molar-refractivity contribution in [1.29, 1.82) is 0 Å². The summed E-state index contributed by atoms with van der Waals surface area (Å²) in [7, 11) is 0. The predicted octanol–water partition coefficient (Wildman–Crippen LogP) is 3.23. The zero-order valence-electron chi connectivity index (χ0n) is 14.0. The lowest BCUT2D eigenvalue weighted by Gasteiger charge is -2.16. The predicted molar refractivity (Wildman–Crippen MR) is 92.6 cm³/mol. The molecule has 7 heteroatoms. The molecule has 0 fully saturated rings. The lowest BCUT2D eigenvalue weighted by Crippen LogP contribution is -2.26. The Bertz CT molecular complexity index is 887. The Balaban J connectivity index is 1.82. The van der Waals surface area contributed by atoms with E-state index in [0.717, 1.165) is 5.56 Å². The average molecular weight is 342 g/mol. The molecule has 25 heavy (non-hydrogen) atoms. The van der Waals surface area contributed by atoms with Gasteiger partial charge in [-0.3, -0.25) is 9.67 Å². The number of halogens is 1. The van der Waals surface area contributed by atoms with Crippen molar-refractivity contribution in [2.75, 3.05) is 5.73 Å². The lowest BCUT2D eigenvalue weighted by molar-refractivity contribution is 0.0577. The van der Waals surface area contributed by atoms with Gasteiger partial charge in [-0.2, -0.15) is 5.10 Å². The number of nitrogens with two attached hydrogens (primary N) is 1. The molecule has 0 unspecified atom stereocenters. The molecule has 3 N–H and O–H groups in total. The number of ether oxygens (including phenoxy) is 1. The van der Waals surface area contributed by atoms with E-state index in [1.54, 1.807) is 55.3 Å². The quantitative estimate of drug-likeness (QED) is 0.695. The lowest BCUT2D eigenvalue weighted by atomic mass is 10.1. The molecule has 1 aromatic carbocycles. The number of hydrogen-bond donors (Lipinski definition) is 2. The van der Waals surface area contributed by atoms with Crippen molar-refractivity contribution in [2.45, 2.75) is 26.0 Å². The van der Waals surface area contributed by atoms with Crippen molar-refractivity contribution in [2.24, 2.45) is 0 Å². The highest BCUT2D eigenvalue weighted by Crippen LogP contribution is 2.28. The molecular weight excluding hydrogens is 323 g/mol. The second kappa shape index (κ2) is 6.52. The largest absolute Gasteiger partial charge is 0.454 e. The molecule has 0 aliphatic carbocycles. The minimum Gasteiger partial charge on any atom is -0.454 e. The summed E-state index contributed by atoms with van der Waals surface area (Å²) in [5, 5.41) is 14.1. The van der Waals surface area contributed by atoms with Crippen LogP contribution in [0.2, 0.25) is 0 Å². The van der Waals surface area contributed by atoms with Gasteiger partial charge in [0.05, 0.1) is 24.0 Å². The smallest absolute Gasteiger partial charge is 0.167 e. The Morgan fingerprint density at radius 1 is 1.28 bits per heavy atom. The fourth-order valence-electron chi connectivity index (χ4n) is 2.34. The van der Waals surface area contributed by atoms with Crippen molar-refractivity contribution < 1.29 is 14.2 Å². The summed E-state index contributed by atoms with van der Waals surface area (Å²) in [4.78, 5) is 4.29. The van der Waals surface area contributed by atoms with Crippen LogP contribution in [-0.2, 0) is 6.54 Å². The number of anilines is 1. The van der Waals surface area contributed by atoms with Crippen molar-refractivity contribution >= 4 is 5.69 Å². The Morgan fingerprint density at radius 2 is 2.08 bits per heavy atom. The van der Waals surface area contributed by atoms with Gasteiger partial charge in [-0.15, -0.1) is 0 Å². The Hall–Kier alpha value is -2.93.